The molecule has 0 aliphatic rings. The maximum atomic E-state index is 8.89. The second kappa shape index (κ2) is 8.83. The Morgan fingerprint density at radius 3 is 1.17 bits per heavy atom. The standard InChI is InChI=1S/C2H4.CH2O2S/c1-2;1-4(2)3/h1-2H2;1H2. The number of hydrogen-bond acceptors (Lipinski definition) is 2. The van der Waals surface area contributed by atoms with Crippen molar-refractivity contribution in [2.75, 3.05) is 0 Å². The van der Waals surface area contributed by atoms with E-state index < -0.39 is 10.3 Å². The van der Waals surface area contributed by atoms with Gasteiger partial charge in [-0.2, -0.15) is 8.42 Å². The van der Waals surface area contributed by atoms with Crippen molar-refractivity contribution in [2.24, 2.45) is 0 Å². The van der Waals surface area contributed by atoms with Gasteiger partial charge in [-0.25, -0.2) is 0 Å². The first-order valence-corrected chi connectivity index (χ1v) is 2.37. The summed E-state index contributed by atoms with van der Waals surface area (Å²) in [5.74, 6) is 2.56. The molecule has 0 saturated carbocycles. The highest BCUT2D eigenvalue weighted by atomic mass is 32.2. The lowest BCUT2D eigenvalue weighted by Gasteiger charge is -1.19. The predicted molar refractivity (Wildman–Crippen MR) is 27.3 cm³/mol. The first-order valence-electron chi connectivity index (χ1n) is 1.12. The fourth-order valence-electron chi connectivity index (χ4n) is 0. The third-order valence-electron chi connectivity index (χ3n) is 0. The molecule has 0 radical (unpaired) electrons. The first-order chi connectivity index (χ1) is 2.73. The van der Waals surface area contributed by atoms with Crippen LogP contribution in [-0.2, 0) is 10.3 Å². The van der Waals surface area contributed by atoms with Gasteiger partial charge in [-0.1, -0.05) is 0 Å². The SMILES string of the molecule is C=C.C=S(=O)=O. The first kappa shape index (κ1) is 9.06. The Labute approximate surface area is 38.6 Å². The Balaban J connectivity index is 0. The Morgan fingerprint density at radius 2 is 1.17 bits per heavy atom. The Kier molecular flexibility index (Phi) is 13.3. The van der Waals surface area contributed by atoms with Gasteiger partial charge in [0.05, 0.1) is 0 Å². The van der Waals surface area contributed by atoms with Crippen molar-refractivity contribution >= 4 is 16.2 Å². The van der Waals surface area contributed by atoms with Crippen LogP contribution in [0.3, 0.4) is 0 Å². The van der Waals surface area contributed by atoms with Crippen molar-refractivity contribution in [2.45, 2.75) is 0 Å². The summed E-state index contributed by atoms with van der Waals surface area (Å²) in [5.41, 5.74) is 0. The number of rotatable bonds is 0. The van der Waals surface area contributed by atoms with E-state index in [1.807, 2.05) is 0 Å². The topological polar surface area (TPSA) is 34.1 Å². The third kappa shape index (κ3) is 62.3. The van der Waals surface area contributed by atoms with Gasteiger partial charge in [-0.05, 0) is 0 Å². The lowest BCUT2D eigenvalue weighted by atomic mass is 11.3. The summed E-state index contributed by atoms with van der Waals surface area (Å²) >= 11 is 0. The lowest BCUT2D eigenvalue weighted by Crippen LogP contribution is -1.39. The zero-order chi connectivity index (χ0) is 5.58. The molecule has 0 rings (SSSR count). The molecule has 0 amide bonds. The zero-order valence-electron chi connectivity index (χ0n) is 3.35. The van der Waals surface area contributed by atoms with Crippen LogP contribution in [0.5, 0.6) is 0 Å². The summed E-state index contributed by atoms with van der Waals surface area (Å²) in [6.07, 6.45) is 0. The molecule has 0 fully saturated rings. The summed E-state index contributed by atoms with van der Waals surface area (Å²) < 4.78 is 17.8. The van der Waals surface area contributed by atoms with E-state index in [0.29, 0.717) is 0 Å². The van der Waals surface area contributed by atoms with Gasteiger partial charge < -0.3 is 0 Å². The summed E-state index contributed by atoms with van der Waals surface area (Å²) in [4.78, 5) is 0. The molecular weight excluding hydrogens is 100 g/mol. The van der Waals surface area contributed by atoms with E-state index >= 15 is 0 Å². The minimum absolute atomic E-state index is 2.11. The highest BCUT2D eigenvalue weighted by molar-refractivity contribution is 7.70. The van der Waals surface area contributed by atoms with Crippen molar-refractivity contribution in [1.82, 2.24) is 0 Å². The minimum atomic E-state index is -2.11. The normalized spacial score (nSPS) is 4.67. The molecule has 0 aromatic heterocycles. The van der Waals surface area contributed by atoms with Gasteiger partial charge in [-0.3, -0.25) is 0 Å². The van der Waals surface area contributed by atoms with E-state index in [-0.39, 0.29) is 0 Å². The molecule has 3 heteroatoms. The van der Waals surface area contributed by atoms with Gasteiger partial charge in [0.25, 0.3) is 0 Å². The average Bonchev–Trinajstić information content (AvgIpc) is 1.41. The molecule has 0 spiro atoms. The fourth-order valence-corrected chi connectivity index (χ4v) is 0. The van der Waals surface area contributed by atoms with Crippen LogP contribution >= 0.6 is 0 Å². The molecule has 0 aliphatic carbocycles. The number of hydrogen-bond donors (Lipinski definition) is 0. The van der Waals surface area contributed by atoms with E-state index in [1.54, 1.807) is 0 Å². The van der Waals surface area contributed by atoms with Crippen molar-refractivity contribution < 1.29 is 8.42 Å². The fraction of sp³-hybridized carbons (Fsp3) is 0. The van der Waals surface area contributed by atoms with Crippen molar-refractivity contribution in [1.29, 1.82) is 0 Å². The molecule has 0 N–H and O–H groups in total. The van der Waals surface area contributed by atoms with Crippen LogP contribution < -0.4 is 0 Å². The van der Waals surface area contributed by atoms with Crippen LogP contribution in [0.25, 0.3) is 0 Å². The van der Waals surface area contributed by atoms with Crippen LogP contribution in [0.4, 0.5) is 0 Å². The molecule has 2 nitrogen and oxygen atoms in total. The van der Waals surface area contributed by atoms with Crippen molar-refractivity contribution in [3.05, 3.63) is 13.2 Å². The third-order valence-corrected chi connectivity index (χ3v) is 0. The molecule has 0 aliphatic heterocycles. The molecule has 0 aromatic carbocycles. The van der Waals surface area contributed by atoms with Crippen molar-refractivity contribution in [3.8, 4) is 0 Å². The average molecular weight is 106 g/mol. The Hall–Kier alpha value is -0.570. The van der Waals surface area contributed by atoms with Crippen LogP contribution in [-0.4, -0.2) is 14.3 Å². The predicted octanol–water partition coefficient (Wildman–Crippen LogP) is 0.0997. The second-order valence-corrected chi connectivity index (χ2v) is 0.911. The Bertz CT molecular complexity index is 89.0. The van der Waals surface area contributed by atoms with Gasteiger partial charge >= 0.3 is 0 Å². The monoisotopic (exact) mass is 106 g/mol. The second-order valence-electron chi connectivity index (χ2n) is 0.304. The van der Waals surface area contributed by atoms with Crippen LogP contribution in [0, 0.1) is 0 Å². The van der Waals surface area contributed by atoms with Gasteiger partial charge in [-0.15, -0.1) is 13.2 Å². The smallest absolute Gasteiger partial charge is 0.185 e. The molecule has 0 aromatic rings. The van der Waals surface area contributed by atoms with E-state index in [0.717, 1.165) is 0 Å². The van der Waals surface area contributed by atoms with Crippen LogP contribution in [0.1, 0.15) is 0 Å². The van der Waals surface area contributed by atoms with E-state index in [4.69, 9.17) is 8.42 Å². The molecular formula is C3H6O2S. The van der Waals surface area contributed by atoms with Gasteiger partial charge in [0.2, 0.25) is 10.3 Å². The summed E-state index contributed by atoms with van der Waals surface area (Å²) in [7, 11) is -2.11. The molecule has 6 heavy (non-hydrogen) atoms. The van der Waals surface area contributed by atoms with Crippen molar-refractivity contribution in [3.63, 3.8) is 0 Å². The molecule has 36 valence electrons. The van der Waals surface area contributed by atoms with E-state index in [9.17, 15) is 0 Å². The molecule has 0 saturated heterocycles. The van der Waals surface area contributed by atoms with Gasteiger partial charge in [0, 0.05) is 5.87 Å². The minimum Gasteiger partial charge on any atom is -0.185 e. The van der Waals surface area contributed by atoms with Crippen LogP contribution in [0.2, 0.25) is 0 Å². The quantitative estimate of drug-likeness (QED) is 0.324. The summed E-state index contributed by atoms with van der Waals surface area (Å²) in [6.45, 7) is 6.00. The van der Waals surface area contributed by atoms with E-state index in [2.05, 4.69) is 19.0 Å². The van der Waals surface area contributed by atoms with Gasteiger partial charge in [0.15, 0.2) is 0 Å². The highest BCUT2D eigenvalue weighted by Gasteiger charge is 1.28. The maximum Gasteiger partial charge on any atom is 0.206 e. The zero-order valence-corrected chi connectivity index (χ0v) is 4.16. The molecule has 0 unspecified atom stereocenters. The molecule has 0 bridgehead atoms. The molecule has 0 heterocycles. The highest BCUT2D eigenvalue weighted by Crippen LogP contribution is 1.08. The largest absolute Gasteiger partial charge is 0.206 e. The van der Waals surface area contributed by atoms with E-state index in [1.165, 1.54) is 0 Å². The Morgan fingerprint density at radius 1 is 1.17 bits per heavy atom. The lowest BCUT2D eigenvalue weighted by molar-refractivity contribution is 0.627. The van der Waals surface area contributed by atoms with Gasteiger partial charge in [0.1, 0.15) is 0 Å². The maximum absolute atomic E-state index is 8.89. The van der Waals surface area contributed by atoms with Crippen LogP contribution in [0.15, 0.2) is 13.2 Å². The summed E-state index contributed by atoms with van der Waals surface area (Å²) in [5, 5.41) is 0. The summed E-state index contributed by atoms with van der Waals surface area (Å²) in [6, 6.07) is 0. The molecule has 0 atom stereocenters.